The zero-order valence-electron chi connectivity index (χ0n) is 14.2. The molecule has 1 amide bonds. The normalized spacial score (nSPS) is 16.3. The molecule has 0 aromatic heterocycles. The van der Waals surface area contributed by atoms with Gasteiger partial charge in [-0.3, -0.25) is 9.59 Å². The van der Waals surface area contributed by atoms with Crippen LogP contribution in [-0.4, -0.2) is 46.0 Å². The lowest BCUT2D eigenvalue weighted by atomic mass is 9.85. The summed E-state index contributed by atoms with van der Waals surface area (Å²) in [7, 11) is 0. The van der Waals surface area contributed by atoms with E-state index in [1.807, 2.05) is 30.3 Å². The van der Waals surface area contributed by atoms with E-state index in [-0.39, 0.29) is 29.5 Å². The Kier molecular flexibility index (Phi) is 7.31. The van der Waals surface area contributed by atoms with Crippen molar-refractivity contribution in [2.45, 2.75) is 26.4 Å². The average molecular weight is 365 g/mol. The number of likely N-dealkylation sites (tertiary alicyclic amines) is 1. The largest absolute Gasteiger partial charge is 0.481 e. The summed E-state index contributed by atoms with van der Waals surface area (Å²) in [5, 5.41) is 9.32. The summed E-state index contributed by atoms with van der Waals surface area (Å²) in [4.78, 5) is 36.3. The fourth-order valence-electron chi connectivity index (χ4n) is 2.91. The topological polar surface area (TPSA) is 83.9 Å². The number of carboxylic acid groups (broad SMARTS) is 1. The predicted molar refractivity (Wildman–Crippen MR) is 95.2 cm³/mol. The highest BCUT2D eigenvalue weighted by atomic mass is 32.2. The molecule has 1 fully saturated rings. The van der Waals surface area contributed by atoms with E-state index in [1.54, 1.807) is 4.90 Å². The number of carbonyl (C=O) groups is 3. The van der Waals surface area contributed by atoms with Crippen LogP contribution in [0.3, 0.4) is 0 Å². The first-order chi connectivity index (χ1) is 12.0. The van der Waals surface area contributed by atoms with Crippen LogP contribution in [0.25, 0.3) is 0 Å². The second-order valence-corrected chi connectivity index (χ2v) is 7.31. The third kappa shape index (κ3) is 6.08. The molecule has 1 atom stereocenters. The van der Waals surface area contributed by atoms with E-state index in [0.29, 0.717) is 25.9 Å². The third-order valence-electron chi connectivity index (χ3n) is 4.36. The van der Waals surface area contributed by atoms with Gasteiger partial charge in [-0.2, -0.15) is 0 Å². The smallest absolute Gasteiger partial charge is 0.410 e. The average Bonchev–Trinajstić information content (AvgIpc) is 2.60. The summed E-state index contributed by atoms with van der Waals surface area (Å²) in [6, 6.07) is 9.46. The van der Waals surface area contributed by atoms with Gasteiger partial charge < -0.3 is 14.7 Å². The number of amides is 1. The summed E-state index contributed by atoms with van der Waals surface area (Å²) < 4.78 is 5.31. The van der Waals surface area contributed by atoms with Crippen LogP contribution in [0.2, 0.25) is 0 Å². The first-order valence-corrected chi connectivity index (χ1v) is 9.27. The van der Waals surface area contributed by atoms with Gasteiger partial charge in [-0.15, -0.1) is 0 Å². The van der Waals surface area contributed by atoms with Crippen molar-refractivity contribution < 1.29 is 24.2 Å². The maximum absolute atomic E-state index is 12.1. The number of hydrogen-bond donors (Lipinski definition) is 1. The first kappa shape index (κ1) is 19.3. The van der Waals surface area contributed by atoms with Crippen LogP contribution in [-0.2, 0) is 20.9 Å². The number of carboxylic acids is 1. The summed E-state index contributed by atoms with van der Waals surface area (Å²) >= 11 is 1.05. The molecular weight excluding hydrogens is 342 g/mol. The molecule has 1 unspecified atom stereocenters. The third-order valence-corrected chi connectivity index (χ3v) is 5.29. The van der Waals surface area contributed by atoms with Gasteiger partial charge >= 0.3 is 12.1 Å². The molecule has 25 heavy (non-hydrogen) atoms. The van der Waals surface area contributed by atoms with Crippen molar-refractivity contribution in [3.8, 4) is 0 Å². The predicted octanol–water partition coefficient (Wildman–Crippen LogP) is 3.02. The van der Waals surface area contributed by atoms with Gasteiger partial charge in [0, 0.05) is 25.8 Å². The van der Waals surface area contributed by atoms with Crippen molar-refractivity contribution in [3.05, 3.63) is 35.9 Å². The highest BCUT2D eigenvalue weighted by molar-refractivity contribution is 8.13. The summed E-state index contributed by atoms with van der Waals surface area (Å²) in [5.74, 6) is -1.17. The number of thioether (sulfide) groups is 1. The zero-order valence-corrected chi connectivity index (χ0v) is 15.0. The maximum Gasteiger partial charge on any atom is 0.410 e. The van der Waals surface area contributed by atoms with Gasteiger partial charge in [-0.1, -0.05) is 42.1 Å². The molecule has 1 aliphatic rings. The molecule has 6 nitrogen and oxygen atoms in total. The molecule has 0 aliphatic carbocycles. The number of piperidine rings is 1. The number of ether oxygens (including phenoxy) is 1. The molecule has 1 N–H and O–H groups in total. The van der Waals surface area contributed by atoms with E-state index < -0.39 is 11.9 Å². The highest BCUT2D eigenvalue weighted by Gasteiger charge is 2.33. The van der Waals surface area contributed by atoms with E-state index in [0.717, 1.165) is 17.3 Å². The van der Waals surface area contributed by atoms with Crippen molar-refractivity contribution >= 4 is 28.9 Å². The van der Waals surface area contributed by atoms with Crippen molar-refractivity contribution in [2.24, 2.45) is 11.8 Å². The lowest BCUT2D eigenvalue weighted by Crippen LogP contribution is -2.42. The molecular formula is C18H23NO5S. The number of aliphatic carboxylic acids is 1. The number of rotatable bonds is 6. The lowest BCUT2D eigenvalue weighted by molar-refractivity contribution is -0.143. The summed E-state index contributed by atoms with van der Waals surface area (Å²) in [6.07, 6.45) is 0.846. The monoisotopic (exact) mass is 365 g/mol. The van der Waals surface area contributed by atoms with Crippen LogP contribution in [0.15, 0.2) is 30.3 Å². The number of nitrogens with zero attached hydrogens (tertiary/aromatic N) is 1. The van der Waals surface area contributed by atoms with E-state index in [2.05, 4.69) is 0 Å². The fraction of sp³-hybridized carbons (Fsp3) is 0.500. The molecule has 1 aliphatic heterocycles. The molecule has 136 valence electrons. The van der Waals surface area contributed by atoms with Crippen molar-refractivity contribution in [2.75, 3.05) is 18.8 Å². The van der Waals surface area contributed by atoms with Crippen molar-refractivity contribution in [3.63, 3.8) is 0 Å². The quantitative estimate of drug-likeness (QED) is 0.834. The van der Waals surface area contributed by atoms with Crippen molar-refractivity contribution in [1.29, 1.82) is 0 Å². The number of hydrogen-bond acceptors (Lipinski definition) is 5. The fourth-order valence-corrected chi connectivity index (χ4v) is 3.74. The minimum atomic E-state index is -0.876. The van der Waals surface area contributed by atoms with Gasteiger partial charge in [-0.25, -0.2) is 4.79 Å². The van der Waals surface area contributed by atoms with Gasteiger partial charge in [0.2, 0.25) is 0 Å². The van der Waals surface area contributed by atoms with Crippen LogP contribution >= 0.6 is 11.8 Å². The van der Waals surface area contributed by atoms with Gasteiger partial charge in [-0.05, 0) is 24.3 Å². The Balaban J connectivity index is 1.80. The second kappa shape index (κ2) is 9.46. The summed E-state index contributed by atoms with van der Waals surface area (Å²) in [6.45, 7) is 2.63. The Hall–Kier alpha value is -2.02. The molecule has 1 heterocycles. The van der Waals surface area contributed by atoms with Gasteiger partial charge in [0.05, 0.1) is 5.92 Å². The SMILES string of the molecule is CC(=O)SCC(C(=O)O)C1CCN(C(=O)OCc2ccccc2)CC1. The molecule has 0 bridgehead atoms. The van der Waals surface area contributed by atoms with Crippen LogP contribution in [0, 0.1) is 11.8 Å². The first-order valence-electron chi connectivity index (χ1n) is 8.29. The number of benzene rings is 1. The minimum Gasteiger partial charge on any atom is -0.481 e. The van der Waals surface area contributed by atoms with Crippen LogP contribution in [0.5, 0.6) is 0 Å². The molecule has 1 saturated heterocycles. The van der Waals surface area contributed by atoms with E-state index in [9.17, 15) is 19.5 Å². The zero-order chi connectivity index (χ0) is 18.2. The van der Waals surface area contributed by atoms with Crippen LogP contribution in [0.4, 0.5) is 4.79 Å². The molecule has 0 spiro atoms. The lowest BCUT2D eigenvalue weighted by Gasteiger charge is -2.33. The molecule has 1 aromatic rings. The van der Waals surface area contributed by atoms with E-state index in [4.69, 9.17) is 4.74 Å². The van der Waals surface area contributed by atoms with Gasteiger partial charge in [0.25, 0.3) is 0 Å². The summed E-state index contributed by atoms with van der Waals surface area (Å²) in [5.41, 5.74) is 0.929. The molecule has 1 aromatic carbocycles. The highest BCUT2D eigenvalue weighted by Crippen LogP contribution is 2.28. The van der Waals surface area contributed by atoms with Crippen LogP contribution in [0.1, 0.15) is 25.3 Å². The van der Waals surface area contributed by atoms with Gasteiger partial charge in [0.1, 0.15) is 6.61 Å². The van der Waals surface area contributed by atoms with Gasteiger partial charge in [0.15, 0.2) is 5.12 Å². The minimum absolute atomic E-state index is 0.0254. The molecule has 7 heteroatoms. The Morgan fingerprint density at radius 2 is 1.88 bits per heavy atom. The Bertz CT molecular complexity index is 599. The maximum atomic E-state index is 12.1. The molecule has 2 rings (SSSR count). The molecule has 0 saturated carbocycles. The Morgan fingerprint density at radius 1 is 1.24 bits per heavy atom. The molecule has 0 radical (unpaired) electrons. The van der Waals surface area contributed by atoms with Crippen molar-refractivity contribution in [1.82, 2.24) is 4.90 Å². The Labute approximate surface area is 151 Å². The standard InChI is InChI=1S/C18H23NO5S/c1-13(20)25-12-16(17(21)22)15-7-9-19(10-8-15)18(23)24-11-14-5-3-2-4-6-14/h2-6,15-16H,7-12H2,1H3,(H,21,22). The Morgan fingerprint density at radius 3 is 2.44 bits per heavy atom. The number of carbonyl (C=O) groups excluding carboxylic acids is 2. The van der Waals surface area contributed by atoms with E-state index in [1.165, 1.54) is 6.92 Å². The van der Waals surface area contributed by atoms with Crippen LogP contribution < -0.4 is 0 Å². The van der Waals surface area contributed by atoms with E-state index >= 15 is 0 Å². The second-order valence-electron chi connectivity index (χ2n) is 6.11.